The van der Waals surface area contributed by atoms with Crippen LogP contribution in [0.5, 0.6) is 0 Å². The maximum absolute atomic E-state index is 2.58. The molecule has 0 saturated carbocycles. The standard InChI is InChI=1S/C17H19NS/c1-2-6-15(7-3-1)8-4-11-18-12-5-9-17(18)16-10-13-19-14-16/h1-4,6-8,10,13-14,17H,5,9,11-12H2/b8-4-/t17-/m0/s1. The van der Waals surface area contributed by atoms with Gasteiger partial charge < -0.3 is 0 Å². The van der Waals surface area contributed by atoms with E-state index in [1.54, 1.807) is 11.3 Å². The molecule has 0 unspecified atom stereocenters. The van der Waals surface area contributed by atoms with Gasteiger partial charge in [-0.3, -0.25) is 4.90 Å². The van der Waals surface area contributed by atoms with E-state index in [9.17, 15) is 0 Å². The summed E-state index contributed by atoms with van der Waals surface area (Å²) >= 11 is 1.80. The second kappa shape index (κ2) is 6.18. The Morgan fingerprint density at radius 3 is 2.89 bits per heavy atom. The molecule has 0 N–H and O–H groups in total. The average Bonchev–Trinajstić information content (AvgIpc) is 3.10. The molecule has 2 heterocycles. The maximum Gasteiger partial charge on any atom is 0.0360 e. The predicted molar refractivity (Wildman–Crippen MR) is 83.3 cm³/mol. The van der Waals surface area contributed by atoms with E-state index < -0.39 is 0 Å². The van der Waals surface area contributed by atoms with Gasteiger partial charge in [-0.15, -0.1) is 0 Å². The van der Waals surface area contributed by atoms with E-state index in [0.29, 0.717) is 6.04 Å². The van der Waals surface area contributed by atoms with Crippen LogP contribution in [0.3, 0.4) is 0 Å². The molecule has 0 radical (unpaired) electrons. The maximum atomic E-state index is 2.58. The summed E-state index contributed by atoms with van der Waals surface area (Å²) < 4.78 is 0. The first-order valence-electron chi connectivity index (χ1n) is 6.91. The van der Waals surface area contributed by atoms with Gasteiger partial charge in [-0.05, 0) is 47.3 Å². The zero-order valence-corrected chi connectivity index (χ0v) is 11.9. The number of likely N-dealkylation sites (tertiary alicyclic amines) is 1. The Morgan fingerprint density at radius 2 is 2.11 bits per heavy atom. The number of nitrogens with zero attached hydrogens (tertiary/aromatic N) is 1. The van der Waals surface area contributed by atoms with Gasteiger partial charge in [-0.25, -0.2) is 0 Å². The van der Waals surface area contributed by atoms with E-state index in [4.69, 9.17) is 0 Å². The smallest absolute Gasteiger partial charge is 0.0360 e. The van der Waals surface area contributed by atoms with Crippen LogP contribution >= 0.6 is 11.3 Å². The van der Waals surface area contributed by atoms with Gasteiger partial charge in [0.25, 0.3) is 0 Å². The largest absolute Gasteiger partial charge is 0.293 e. The molecule has 1 aromatic heterocycles. The van der Waals surface area contributed by atoms with E-state index in [2.05, 4.69) is 64.2 Å². The van der Waals surface area contributed by atoms with E-state index in [-0.39, 0.29) is 0 Å². The van der Waals surface area contributed by atoms with Crippen LogP contribution in [0.1, 0.15) is 30.0 Å². The van der Waals surface area contributed by atoms with Crippen LogP contribution < -0.4 is 0 Å². The molecule has 1 aromatic carbocycles. The third-order valence-corrected chi connectivity index (χ3v) is 4.44. The summed E-state index contributed by atoms with van der Waals surface area (Å²) in [5.74, 6) is 0. The van der Waals surface area contributed by atoms with Crippen molar-refractivity contribution in [1.29, 1.82) is 0 Å². The highest BCUT2D eigenvalue weighted by molar-refractivity contribution is 7.07. The van der Waals surface area contributed by atoms with Crippen molar-refractivity contribution in [3.8, 4) is 0 Å². The van der Waals surface area contributed by atoms with Crippen molar-refractivity contribution in [3.05, 3.63) is 64.4 Å². The van der Waals surface area contributed by atoms with Crippen molar-refractivity contribution in [2.75, 3.05) is 13.1 Å². The van der Waals surface area contributed by atoms with E-state index in [1.165, 1.54) is 30.5 Å². The fourth-order valence-electron chi connectivity index (χ4n) is 2.78. The van der Waals surface area contributed by atoms with Crippen LogP contribution in [0.2, 0.25) is 0 Å². The van der Waals surface area contributed by atoms with Gasteiger partial charge in [-0.1, -0.05) is 42.5 Å². The molecule has 2 heteroatoms. The van der Waals surface area contributed by atoms with Crippen LogP contribution in [0.25, 0.3) is 6.08 Å². The lowest BCUT2D eigenvalue weighted by molar-refractivity contribution is 0.286. The first kappa shape index (κ1) is 12.6. The summed E-state index contributed by atoms with van der Waals surface area (Å²) in [5, 5.41) is 4.48. The monoisotopic (exact) mass is 269 g/mol. The predicted octanol–water partition coefficient (Wildman–Crippen LogP) is 4.60. The molecule has 3 rings (SSSR count). The lowest BCUT2D eigenvalue weighted by atomic mass is 10.1. The molecule has 1 saturated heterocycles. The number of hydrogen-bond donors (Lipinski definition) is 0. The zero-order chi connectivity index (χ0) is 12.9. The minimum absolute atomic E-state index is 0.631. The normalized spacial score (nSPS) is 20.3. The third-order valence-electron chi connectivity index (χ3n) is 3.74. The summed E-state index contributed by atoms with van der Waals surface area (Å²) in [5.41, 5.74) is 2.78. The van der Waals surface area contributed by atoms with Crippen molar-refractivity contribution in [3.63, 3.8) is 0 Å². The van der Waals surface area contributed by atoms with Crippen LogP contribution in [0.15, 0.2) is 53.2 Å². The topological polar surface area (TPSA) is 3.24 Å². The molecule has 1 aliphatic rings. The van der Waals surface area contributed by atoms with Gasteiger partial charge in [0.05, 0.1) is 0 Å². The second-order valence-corrected chi connectivity index (χ2v) is 5.80. The van der Waals surface area contributed by atoms with Crippen LogP contribution in [0.4, 0.5) is 0 Å². The van der Waals surface area contributed by atoms with E-state index in [0.717, 1.165) is 6.54 Å². The Labute approximate surface area is 119 Å². The highest BCUT2D eigenvalue weighted by Gasteiger charge is 2.24. The minimum Gasteiger partial charge on any atom is -0.293 e. The average molecular weight is 269 g/mol. The molecule has 2 aromatic rings. The van der Waals surface area contributed by atoms with Gasteiger partial charge in [0.1, 0.15) is 0 Å². The third kappa shape index (κ3) is 3.14. The Hall–Kier alpha value is -1.38. The first-order valence-corrected chi connectivity index (χ1v) is 7.85. The molecule has 0 amide bonds. The van der Waals surface area contributed by atoms with Gasteiger partial charge in [0.15, 0.2) is 0 Å². The van der Waals surface area contributed by atoms with Crippen molar-refractivity contribution in [2.45, 2.75) is 18.9 Å². The minimum atomic E-state index is 0.631. The number of hydrogen-bond acceptors (Lipinski definition) is 2. The van der Waals surface area contributed by atoms with Gasteiger partial charge in [0, 0.05) is 12.6 Å². The lowest BCUT2D eigenvalue weighted by Gasteiger charge is -2.22. The molecule has 98 valence electrons. The Morgan fingerprint density at radius 1 is 1.21 bits per heavy atom. The lowest BCUT2D eigenvalue weighted by Crippen LogP contribution is -2.22. The first-order chi connectivity index (χ1) is 9.43. The molecular weight excluding hydrogens is 250 g/mol. The van der Waals surface area contributed by atoms with E-state index in [1.807, 2.05) is 0 Å². The molecule has 1 atom stereocenters. The van der Waals surface area contributed by atoms with Crippen molar-refractivity contribution in [2.24, 2.45) is 0 Å². The van der Waals surface area contributed by atoms with Crippen molar-refractivity contribution < 1.29 is 0 Å². The Balaban J connectivity index is 1.62. The molecule has 0 aliphatic carbocycles. The zero-order valence-electron chi connectivity index (χ0n) is 11.0. The van der Waals surface area contributed by atoms with Crippen LogP contribution in [0, 0.1) is 0 Å². The molecule has 1 aliphatic heterocycles. The molecule has 1 nitrogen and oxygen atoms in total. The summed E-state index contributed by atoms with van der Waals surface area (Å²) in [4.78, 5) is 2.58. The highest BCUT2D eigenvalue weighted by Crippen LogP contribution is 2.32. The van der Waals surface area contributed by atoms with Crippen LogP contribution in [-0.4, -0.2) is 18.0 Å². The van der Waals surface area contributed by atoms with Gasteiger partial charge >= 0.3 is 0 Å². The Bertz CT molecular complexity index is 515. The van der Waals surface area contributed by atoms with E-state index >= 15 is 0 Å². The number of benzene rings is 1. The SMILES string of the molecule is C(=C/c1ccccc1)/CN1CCC[C@H]1c1ccsc1. The summed E-state index contributed by atoms with van der Waals surface area (Å²) in [7, 11) is 0. The van der Waals surface area contributed by atoms with Crippen molar-refractivity contribution in [1.82, 2.24) is 4.90 Å². The second-order valence-electron chi connectivity index (χ2n) is 5.02. The molecule has 0 spiro atoms. The van der Waals surface area contributed by atoms with Gasteiger partial charge in [-0.2, -0.15) is 11.3 Å². The molecule has 1 fully saturated rings. The Kier molecular flexibility index (Phi) is 4.11. The fraction of sp³-hybridized carbons (Fsp3) is 0.294. The quantitative estimate of drug-likeness (QED) is 0.784. The summed E-state index contributed by atoms with van der Waals surface area (Å²) in [6, 6.07) is 13.4. The highest BCUT2D eigenvalue weighted by atomic mass is 32.1. The fourth-order valence-corrected chi connectivity index (χ4v) is 3.48. The summed E-state index contributed by atoms with van der Waals surface area (Å²) in [6.45, 7) is 2.27. The summed E-state index contributed by atoms with van der Waals surface area (Å²) in [6.07, 6.45) is 7.14. The van der Waals surface area contributed by atoms with Gasteiger partial charge in [0.2, 0.25) is 0 Å². The van der Waals surface area contributed by atoms with Crippen molar-refractivity contribution >= 4 is 17.4 Å². The van der Waals surface area contributed by atoms with Crippen LogP contribution in [-0.2, 0) is 0 Å². The molecule has 19 heavy (non-hydrogen) atoms. The molecular formula is C17H19NS. The number of thiophene rings is 1. The molecule has 0 bridgehead atoms. The number of rotatable bonds is 4.